The van der Waals surface area contributed by atoms with Gasteiger partial charge in [-0.2, -0.15) is 9.49 Å². The van der Waals surface area contributed by atoms with E-state index >= 15 is 0 Å². The molecule has 1 saturated heterocycles. The monoisotopic (exact) mass is 402 g/mol. The topological polar surface area (TPSA) is 79.9 Å². The Bertz CT molecular complexity index is 1240. The van der Waals surface area contributed by atoms with Gasteiger partial charge in [-0.1, -0.05) is 0 Å². The van der Waals surface area contributed by atoms with E-state index in [2.05, 4.69) is 35.1 Å². The van der Waals surface area contributed by atoms with Crippen molar-refractivity contribution in [2.75, 3.05) is 18.0 Å². The number of H-pyrrole nitrogens is 1. The molecule has 5 rings (SSSR count). The molecule has 0 saturated carbocycles. The van der Waals surface area contributed by atoms with Gasteiger partial charge in [0.1, 0.15) is 12.2 Å². The minimum Gasteiger partial charge on any atom is -0.380 e. The Labute approximate surface area is 172 Å². The van der Waals surface area contributed by atoms with Crippen molar-refractivity contribution < 1.29 is 4.39 Å². The number of hydrogen-bond donors (Lipinski definition) is 1. The lowest BCUT2D eigenvalue weighted by atomic mass is 9.93. The maximum atomic E-state index is 13.4. The number of halogens is 1. The Morgan fingerprint density at radius 3 is 2.73 bits per heavy atom. The third kappa shape index (κ3) is 2.97. The molecule has 0 amide bonds. The van der Waals surface area contributed by atoms with Gasteiger partial charge in [0, 0.05) is 43.2 Å². The minimum absolute atomic E-state index is 0.331. The van der Waals surface area contributed by atoms with Crippen molar-refractivity contribution in [3.8, 4) is 11.1 Å². The van der Waals surface area contributed by atoms with Crippen LogP contribution in [0.5, 0.6) is 0 Å². The first-order chi connectivity index (χ1) is 14.7. The van der Waals surface area contributed by atoms with Crippen LogP contribution in [0.3, 0.4) is 0 Å². The summed E-state index contributed by atoms with van der Waals surface area (Å²) >= 11 is 0. The Kier molecular flexibility index (Phi) is 4.39. The van der Waals surface area contributed by atoms with E-state index in [4.69, 9.17) is 6.57 Å². The standard InChI is InChI=1S/C21H19FN8/c1-23-19-18-15(11-25-27-18)9-16(14-3-4-17(22)24-10-14)20(19)30-7-5-13(6-8-30)21-28-26-12-29(21)2/h3-4,9-13H,5-8H2,2H3,(H,25,27). The molecular formula is C21H19FN8. The molecule has 1 N–H and O–H groups in total. The van der Waals surface area contributed by atoms with Crippen LogP contribution in [0.4, 0.5) is 15.8 Å². The summed E-state index contributed by atoms with van der Waals surface area (Å²) < 4.78 is 15.4. The molecule has 3 aromatic heterocycles. The second kappa shape index (κ2) is 7.22. The van der Waals surface area contributed by atoms with Crippen molar-refractivity contribution in [1.29, 1.82) is 0 Å². The fourth-order valence-corrected chi connectivity index (χ4v) is 4.27. The molecule has 150 valence electrons. The number of aryl methyl sites for hydroxylation is 1. The number of nitrogens with one attached hydrogen (secondary N) is 1. The third-order valence-corrected chi connectivity index (χ3v) is 5.76. The second-order valence-corrected chi connectivity index (χ2v) is 7.50. The van der Waals surface area contributed by atoms with Crippen LogP contribution in [0.25, 0.3) is 26.9 Å². The molecule has 0 aliphatic carbocycles. The lowest BCUT2D eigenvalue weighted by Gasteiger charge is -2.35. The van der Waals surface area contributed by atoms with Gasteiger partial charge in [0.15, 0.2) is 0 Å². The highest BCUT2D eigenvalue weighted by Gasteiger charge is 2.28. The number of piperidine rings is 1. The van der Waals surface area contributed by atoms with E-state index in [9.17, 15) is 4.39 Å². The average Bonchev–Trinajstić information content (AvgIpc) is 3.42. The summed E-state index contributed by atoms with van der Waals surface area (Å²) in [7, 11) is 1.96. The van der Waals surface area contributed by atoms with Gasteiger partial charge in [0.25, 0.3) is 0 Å². The summed E-state index contributed by atoms with van der Waals surface area (Å²) in [4.78, 5) is 9.90. The first-order valence-corrected chi connectivity index (χ1v) is 9.74. The number of nitrogens with zero attached hydrogens (tertiary/aromatic N) is 7. The molecule has 0 spiro atoms. The molecular weight excluding hydrogens is 383 g/mol. The number of pyridine rings is 1. The van der Waals surface area contributed by atoms with Crippen LogP contribution < -0.4 is 4.90 Å². The number of fused-ring (bicyclic) bond motifs is 1. The van der Waals surface area contributed by atoms with Gasteiger partial charge in [-0.3, -0.25) is 5.10 Å². The van der Waals surface area contributed by atoms with Crippen LogP contribution in [0.2, 0.25) is 0 Å². The summed E-state index contributed by atoms with van der Waals surface area (Å²) in [5.41, 5.74) is 3.72. The molecule has 1 aromatic carbocycles. The normalized spacial score (nSPS) is 14.9. The summed E-state index contributed by atoms with van der Waals surface area (Å²) in [5.74, 6) is 0.795. The van der Waals surface area contributed by atoms with Gasteiger partial charge >= 0.3 is 0 Å². The Morgan fingerprint density at radius 2 is 2.07 bits per heavy atom. The van der Waals surface area contributed by atoms with Crippen molar-refractivity contribution >= 4 is 22.3 Å². The quantitative estimate of drug-likeness (QED) is 0.416. The summed E-state index contributed by atoms with van der Waals surface area (Å²) in [5, 5.41) is 16.2. The van der Waals surface area contributed by atoms with E-state index in [1.807, 2.05) is 17.7 Å². The largest absolute Gasteiger partial charge is 0.380 e. The molecule has 0 radical (unpaired) electrons. The van der Waals surface area contributed by atoms with Gasteiger partial charge in [-0.25, -0.2) is 9.83 Å². The van der Waals surface area contributed by atoms with Gasteiger partial charge in [0.2, 0.25) is 11.6 Å². The summed E-state index contributed by atoms with van der Waals surface area (Å²) in [6.07, 6.45) is 6.76. The zero-order chi connectivity index (χ0) is 20.7. The van der Waals surface area contributed by atoms with Crippen molar-refractivity contribution in [1.82, 2.24) is 29.9 Å². The molecule has 9 heteroatoms. The first-order valence-electron chi connectivity index (χ1n) is 9.74. The van der Waals surface area contributed by atoms with Crippen molar-refractivity contribution in [3.05, 3.63) is 60.1 Å². The number of aromatic nitrogens is 6. The fraction of sp³-hybridized carbons (Fsp3) is 0.286. The molecule has 1 aliphatic heterocycles. The fourth-order valence-electron chi connectivity index (χ4n) is 4.27. The molecule has 0 atom stereocenters. The number of aromatic amines is 1. The van der Waals surface area contributed by atoms with Gasteiger partial charge in [-0.05, 0) is 36.6 Å². The highest BCUT2D eigenvalue weighted by molar-refractivity contribution is 6.05. The van der Waals surface area contributed by atoms with Crippen molar-refractivity contribution in [2.24, 2.45) is 7.05 Å². The van der Waals surface area contributed by atoms with Crippen LogP contribution in [0.1, 0.15) is 24.6 Å². The molecule has 0 bridgehead atoms. The summed E-state index contributed by atoms with van der Waals surface area (Å²) in [6, 6.07) is 5.04. The van der Waals surface area contributed by atoms with Gasteiger partial charge in [-0.15, -0.1) is 10.2 Å². The molecule has 8 nitrogen and oxygen atoms in total. The van der Waals surface area contributed by atoms with E-state index < -0.39 is 5.95 Å². The zero-order valence-electron chi connectivity index (χ0n) is 16.4. The molecule has 30 heavy (non-hydrogen) atoms. The van der Waals surface area contributed by atoms with Crippen LogP contribution in [-0.2, 0) is 7.05 Å². The van der Waals surface area contributed by atoms with E-state index in [1.54, 1.807) is 18.6 Å². The SMILES string of the molecule is [C-]#[N+]c1c(N2CCC(c3nncn3C)CC2)c(-c2ccc(F)nc2)cc2cn[nH]c12. The smallest absolute Gasteiger partial charge is 0.235 e. The number of hydrogen-bond acceptors (Lipinski definition) is 5. The lowest BCUT2D eigenvalue weighted by molar-refractivity contribution is 0.475. The van der Waals surface area contributed by atoms with E-state index in [-0.39, 0.29) is 0 Å². The van der Waals surface area contributed by atoms with Gasteiger partial charge in [0.05, 0.1) is 24.0 Å². The maximum absolute atomic E-state index is 13.4. The Hall–Kier alpha value is -3.80. The molecule has 4 heterocycles. The molecule has 0 unspecified atom stereocenters. The van der Waals surface area contributed by atoms with Crippen molar-refractivity contribution in [2.45, 2.75) is 18.8 Å². The molecule has 4 aromatic rings. The van der Waals surface area contributed by atoms with Crippen molar-refractivity contribution in [3.63, 3.8) is 0 Å². The number of anilines is 1. The first kappa shape index (κ1) is 18.2. The number of benzene rings is 1. The highest BCUT2D eigenvalue weighted by atomic mass is 19.1. The molecule has 1 aliphatic rings. The van der Waals surface area contributed by atoms with Crippen LogP contribution in [-0.4, -0.2) is 43.0 Å². The predicted octanol–water partition coefficient (Wildman–Crippen LogP) is 3.83. The van der Waals surface area contributed by atoms with Crippen LogP contribution in [0, 0.1) is 12.5 Å². The van der Waals surface area contributed by atoms with Crippen LogP contribution in [0.15, 0.2) is 36.9 Å². The average molecular weight is 402 g/mol. The van der Waals surface area contributed by atoms with E-state index in [0.717, 1.165) is 54.0 Å². The Balaban J connectivity index is 1.58. The highest BCUT2D eigenvalue weighted by Crippen LogP contribution is 2.45. The molecule has 1 fully saturated rings. The Morgan fingerprint density at radius 1 is 1.23 bits per heavy atom. The summed E-state index contributed by atoms with van der Waals surface area (Å²) in [6.45, 7) is 9.41. The zero-order valence-corrected chi connectivity index (χ0v) is 16.4. The predicted molar refractivity (Wildman–Crippen MR) is 111 cm³/mol. The van der Waals surface area contributed by atoms with Crippen LogP contribution >= 0.6 is 0 Å². The third-order valence-electron chi connectivity index (χ3n) is 5.76. The minimum atomic E-state index is -0.528. The van der Waals surface area contributed by atoms with Gasteiger partial charge < -0.3 is 9.47 Å². The maximum Gasteiger partial charge on any atom is 0.235 e. The van der Waals surface area contributed by atoms with E-state index in [1.165, 1.54) is 12.3 Å². The lowest BCUT2D eigenvalue weighted by Crippen LogP contribution is -2.34. The second-order valence-electron chi connectivity index (χ2n) is 7.50. The number of rotatable bonds is 3. The van der Waals surface area contributed by atoms with E-state index in [0.29, 0.717) is 17.1 Å².